The molecule has 0 radical (unpaired) electrons. The van der Waals surface area contributed by atoms with Gasteiger partial charge in [-0.1, -0.05) is 54.1 Å². The molecular formula is C28H28N2O3. The molecule has 1 heterocycles. The molecule has 0 spiro atoms. The molecule has 0 saturated carbocycles. The van der Waals surface area contributed by atoms with Gasteiger partial charge < -0.3 is 10.1 Å². The first-order valence-corrected chi connectivity index (χ1v) is 10.9. The number of aryl methyl sites for hydroxylation is 4. The van der Waals surface area contributed by atoms with Gasteiger partial charge in [-0.25, -0.2) is 0 Å². The Kier molecular flexibility index (Phi) is 6.05. The number of amides is 2. The van der Waals surface area contributed by atoms with Crippen LogP contribution in [-0.4, -0.2) is 23.8 Å². The van der Waals surface area contributed by atoms with Crippen molar-refractivity contribution in [2.24, 2.45) is 0 Å². The molecule has 168 valence electrons. The number of imide groups is 1. The van der Waals surface area contributed by atoms with Gasteiger partial charge in [0.1, 0.15) is 11.4 Å². The van der Waals surface area contributed by atoms with E-state index in [2.05, 4.69) is 5.32 Å². The summed E-state index contributed by atoms with van der Waals surface area (Å²) in [6, 6.07) is 19.4. The first-order valence-electron chi connectivity index (χ1n) is 10.9. The van der Waals surface area contributed by atoms with Crippen LogP contribution in [0.3, 0.4) is 0 Å². The lowest BCUT2D eigenvalue weighted by Crippen LogP contribution is -2.32. The molecule has 0 saturated heterocycles. The van der Waals surface area contributed by atoms with E-state index in [4.69, 9.17) is 4.74 Å². The van der Waals surface area contributed by atoms with E-state index in [1.165, 1.54) is 4.90 Å². The summed E-state index contributed by atoms with van der Waals surface area (Å²) >= 11 is 0. The van der Waals surface area contributed by atoms with Crippen molar-refractivity contribution in [3.63, 3.8) is 0 Å². The van der Waals surface area contributed by atoms with Gasteiger partial charge in [0, 0.05) is 0 Å². The smallest absolute Gasteiger partial charge is 0.278 e. The van der Waals surface area contributed by atoms with E-state index >= 15 is 0 Å². The number of anilines is 1. The Labute approximate surface area is 194 Å². The highest BCUT2D eigenvalue weighted by Crippen LogP contribution is 2.35. The second-order valence-corrected chi connectivity index (χ2v) is 8.56. The quantitative estimate of drug-likeness (QED) is 0.527. The van der Waals surface area contributed by atoms with E-state index < -0.39 is 0 Å². The Morgan fingerprint density at radius 1 is 0.788 bits per heavy atom. The molecule has 0 aromatic heterocycles. The predicted molar refractivity (Wildman–Crippen MR) is 131 cm³/mol. The van der Waals surface area contributed by atoms with E-state index in [1.54, 1.807) is 7.11 Å². The lowest BCUT2D eigenvalue weighted by Gasteiger charge is -2.16. The molecule has 5 heteroatoms. The fraction of sp³-hybridized carbons (Fsp3) is 0.214. The van der Waals surface area contributed by atoms with Crippen molar-refractivity contribution >= 4 is 23.1 Å². The zero-order valence-corrected chi connectivity index (χ0v) is 19.7. The van der Waals surface area contributed by atoms with Crippen LogP contribution in [0.1, 0.15) is 33.4 Å². The van der Waals surface area contributed by atoms with Gasteiger partial charge in [-0.3, -0.25) is 14.5 Å². The van der Waals surface area contributed by atoms with Gasteiger partial charge in [-0.15, -0.1) is 0 Å². The number of carbonyl (C=O) groups excluding carboxylic acids is 2. The van der Waals surface area contributed by atoms with Crippen LogP contribution in [0, 0.1) is 27.7 Å². The van der Waals surface area contributed by atoms with Crippen LogP contribution in [0.15, 0.2) is 66.4 Å². The van der Waals surface area contributed by atoms with E-state index in [1.807, 2.05) is 88.4 Å². The lowest BCUT2D eigenvalue weighted by atomic mass is 9.99. The van der Waals surface area contributed by atoms with Crippen molar-refractivity contribution in [3.05, 3.63) is 99.7 Å². The summed E-state index contributed by atoms with van der Waals surface area (Å²) in [4.78, 5) is 28.4. The molecule has 1 N–H and O–H groups in total. The van der Waals surface area contributed by atoms with Crippen LogP contribution < -0.4 is 10.1 Å². The fourth-order valence-corrected chi connectivity index (χ4v) is 3.93. The highest BCUT2D eigenvalue weighted by Gasteiger charge is 2.39. The number of ether oxygens (including phenoxy) is 1. The molecule has 1 aliphatic rings. The first kappa shape index (κ1) is 22.3. The number of nitrogens with zero attached hydrogens (tertiary/aromatic N) is 1. The highest BCUT2D eigenvalue weighted by molar-refractivity contribution is 6.36. The fourth-order valence-electron chi connectivity index (χ4n) is 3.93. The zero-order chi connectivity index (χ0) is 23.7. The minimum absolute atomic E-state index is 0.211. The van der Waals surface area contributed by atoms with Gasteiger partial charge in [-0.2, -0.15) is 0 Å². The lowest BCUT2D eigenvalue weighted by molar-refractivity contribution is -0.137. The molecule has 5 nitrogen and oxygen atoms in total. The summed E-state index contributed by atoms with van der Waals surface area (Å²) in [6.45, 7) is 8.21. The zero-order valence-electron chi connectivity index (χ0n) is 19.7. The average Bonchev–Trinajstić information content (AvgIpc) is 3.01. The molecule has 3 aromatic rings. The van der Waals surface area contributed by atoms with Crippen molar-refractivity contribution < 1.29 is 14.3 Å². The second kappa shape index (κ2) is 8.94. The van der Waals surface area contributed by atoms with Crippen LogP contribution in [0.2, 0.25) is 0 Å². The molecule has 0 aliphatic carbocycles. The van der Waals surface area contributed by atoms with Crippen LogP contribution in [0.5, 0.6) is 5.75 Å². The van der Waals surface area contributed by atoms with Crippen molar-refractivity contribution in [1.29, 1.82) is 0 Å². The molecule has 0 bridgehead atoms. The first-order chi connectivity index (χ1) is 15.8. The van der Waals surface area contributed by atoms with Crippen molar-refractivity contribution in [2.75, 3.05) is 12.4 Å². The van der Waals surface area contributed by atoms with E-state index in [-0.39, 0.29) is 24.1 Å². The van der Waals surface area contributed by atoms with Crippen molar-refractivity contribution in [2.45, 2.75) is 34.2 Å². The largest absolute Gasteiger partial charge is 0.495 e. The average molecular weight is 441 g/mol. The normalized spacial score (nSPS) is 13.7. The molecule has 0 fully saturated rings. The number of carbonyl (C=O) groups is 2. The minimum atomic E-state index is -0.350. The van der Waals surface area contributed by atoms with Gasteiger partial charge in [0.25, 0.3) is 11.8 Å². The number of methoxy groups -OCH3 is 1. The van der Waals surface area contributed by atoms with Crippen LogP contribution in [0.25, 0.3) is 5.57 Å². The second-order valence-electron chi connectivity index (χ2n) is 8.56. The predicted octanol–water partition coefficient (Wildman–Crippen LogP) is 5.32. The Bertz CT molecular complexity index is 1270. The van der Waals surface area contributed by atoms with E-state index in [0.717, 1.165) is 33.4 Å². The molecule has 33 heavy (non-hydrogen) atoms. The maximum atomic E-state index is 13.6. The number of nitrogens with one attached hydrogen (secondary N) is 1. The third kappa shape index (κ3) is 4.40. The number of rotatable bonds is 6. The van der Waals surface area contributed by atoms with Gasteiger partial charge in [0.2, 0.25) is 0 Å². The summed E-state index contributed by atoms with van der Waals surface area (Å²) in [5, 5.41) is 3.23. The summed E-state index contributed by atoms with van der Waals surface area (Å²) in [7, 11) is 1.58. The Balaban J connectivity index is 1.79. The van der Waals surface area contributed by atoms with Gasteiger partial charge in [0.15, 0.2) is 0 Å². The van der Waals surface area contributed by atoms with E-state index in [0.29, 0.717) is 17.0 Å². The monoisotopic (exact) mass is 440 g/mol. The highest BCUT2D eigenvalue weighted by atomic mass is 16.5. The Hall–Kier alpha value is -3.86. The van der Waals surface area contributed by atoms with Crippen LogP contribution in [0.4, 0.5) is 5.69 Å². The number of hydrogen-bond acceptors (Lipinski definition) is 4. The molecule has 4 rings (SSSR count). The SMILES string of the molecule is COc1ccc(C)cc1NC1=C(c2ccc(C)c(C)c2)C(=O)N(Cc2ccc(C)cc2)C1=O. The third-order valence-corrected chi connectivity index (χ3v) is 6.04. The third-order valence-electron chi connectivity index (χ3n) is 6.04. The topological polar surface area (TPSA) is 58.6 Å². The summed E-state index contributed by atoms with van der Waals surface area (Å²) < 4.78 is 5.49. The van der Waals surface area contributed by atoms with Gasteiger partial charge in [0.05, 0.1) is 24.9 Å². The molecule has 0 unspecified atom stereocenters. The van der Waals surface area contributed by atoms with Gasteiger partial charge in [-0.05, 0) is 67.6 Å². The maximum Gasteiger partial charge on any atom is 0.278 e. The van der Waals surface area contributed by atoms with Gasteiger partial charge >= 0.3 is 0 Å². The van der Waals surface area contributed by atoms with Crippen LogP contribution in [-0.2, 0) is 16.1 Å². The standard InChI is InChI=1S/C28H28N2O3/c1-17-6-10-21(11-7-17)16-30-27(31)25(22-12-9-19(3)20(4)15-22)26(28(30)32)29-23-14-18(2)8-13-24(23)33-5/h6-15,29H,16H2,1-5H3. The molecule has 0 atom stereocenters. The van der Waals surface area contributed by atoms with E-state index in [9.17, 15) is 9.59 Å². The molecule has 3 aromatic carbocycles. The Morgan fingerprint density at radius 3 is 2.15 bits per heavy atom. The molecule has 2 amide bonds. The summed E-state index contributed by atoms with van der Waals surface area (Å²) in [5.41, 5.74) is 7.23. The summed E-state index contributed by atoms with van der Waals surface area (Å²) in [6.07, 6.45) is 0. The minimum Gasteiger partial charge on any atom is -0.495 e. The molecular weight excluding hydrogens is 412 g/mol. The maximum absolute atomic E-state index is 13.6. The van der Waals surface area contributed by atoms with Crippen molar-refractivity contribution in [3.8, 4) is 5.75 Å². The number of hydrogen-bond donors (Lipinski definition) is 1. The summed E-state index contributed by atoms with van der Waals surface area (Å²) in [5.74, 6) is -0.0555. The molecule has 1 aliphatic heterocycles. The van der Waals surface area contributed by atoms with Crippen LogP contribution >= 0.6 is 0 Å². The van der Waals surface area contributed by atoms with Crippen molar-refractivity contribution in [1.82, 2.24) is 4.90 Å². The Morgan fingerprint density at radius 2 is 1.48 bits per heavy atom. The number of benzene rings is 3.